The summed E-state index contributed by atoms with van der Waals surface area (Å²) in [5.41, 5.74) is 0.679. The maximum Gasteiger partial charge on any atom is 0.407 e. The van der Waals surface area contributed by atoms with Crippen molar-refractivity contribution in [3.05, 3.63) is 22.4 Å². The molecule has 1 aromatic rings. The zero-order valence-electron chi connectivity index (χ0n) is 16.0. The molecule has 0 fully saturated rings. The van der Waals surface area contributed by atoms with E-state index in [1.807, 2.05) is 48.0 Å². The van der Waals surface area contributed by atoms with Crippen molar-refractivity contribution >= 4 is 28.0 Å². The van der Waals surface area contributed by atoms with Gasteiger partial charge in [-0.05, 0) is 49.7 Å². The van der Waals surface area contributed by atoms with Gasteiger partial charge >= 0.3 is 6.09 Å². The molecule has 0 aromatic carbocycles. The van der Waals surface area contributed by atoms with Crippen molar-refractivity contribution in [2.75, 3.05) is 26.7 Å². The number of rotatable bonds is 6. The smallest absolute Gasteiger partial charge is 0.407 e. The fraction of sp³-hybridized carbons (Fsp3) is 0.647. The van der Waals surface area contributed by atoms with Crippen LogP contribution in [-0.2, 0) is 18.3 Å². The first-order valence-corrected chi connectivity index (χ1v) is 9.18. The van der Waals surface area contributed by atoms with Crippen molar-refractivity contribution in [3.63, 3.8) is 0 Å². The molecule has 1 rings (SSSR count). The summed E-state index contributed by atoms with van der Waals surface area (Å²) in [4.78, 5) is 18.2. The molecular weight excluding hydrogens is 386 g/mol. The molecule has 1 heterocycles. The van der Waals surface area contributed by atoms with Crippen LogP contribution in [0.25, 0.3) is 0 Å². The molecule has 0 bridgehead atoms. The average Bonchev–Trinajstić information content (AvgIpc) is 2.78. The van der Waals surface area contributed by atoms with Crippen LogP contribution in [0, 0.1) is 0 Å². The summed E-state index contributed by atoms with van der Waals surface area (Å²) in [6.45, 7) is 9.95. The third-order valence-corrected chi connectivity index (χ3v) is 3.65. The van der Waals surface area contributed by atoms with E-state index in [2.05, 4.69) is 47.1 Å². The number of hydrogen-bond acceptors (Lipinski definition) is 3. The molecule has 7 nitrogen and oxygen atoms in total. The molecule has 25 heavy (non-hydrogen) atoms. The Balaban J connectivity index is 2.55. The van der Waals surface area contributed by atoms with Gasteiger partial charge in [-0.2, -0.15) is 0 Å². The third-order valence-electron chi connectivity index (χ3n) is 3.21. The molecule has 142 valence electrons. The second kappa shape index (κ2) is 9.70. The summed E-state index contributed by atoms with van der Waals surface area (Å²) in [6.07, 6.45) is 1.60. The van der Waals surface area contributed by atoms with Crippen molar-refractivity contribution in [2.45, 2.75) is 39.8 Å². The van der Waals surface area contributed by atoms with Gasteiger partial charge in [0.1, 0.15) is 5.60 Å². The van der Waals surface area contributed by atoms with E-state index in [-0.39, 0.29) is 0 Å². The molecule has 0 radical (unpaired) electrons. The van der Waals surface area contributed by atoms with Crippen molar-refractivity contribution in [1.29, 1.82) is 0 Å². The Labute approximate surface area is 158 Å². The SMILES string of the molecule is CCNC(=NCCNC(=O)OC(C)(C)C)N(C)Cc1cc(Br)cn1C. The van der Waals surface area contributed by atoms with Crippen molar-refractivity contribution in [2.24, 2.45) is 12.0 Å². The number of nitrogens with one attached hydrogen (secondary N) is 2. The normalized spacial score (nSPS) is 12.0. The van der Waals surface area contributed by atoms with Crippen LogP contribution in [0.5, 0.6) is 0 Å². The van der Waals surface area contributed by atoms with Gasteiger partial charge in [0.2, 0.25) is 0 Å². The molecule has 0 saturated heterocycles. The number of nitrogens with zero attached hydrogens (tertiary/aromatic N) is 3. The Morgan fingerprint density at radius 1 is 1.40 bits per heavy atom. The molecule has 0 spiro atoms. The number of hydrogen-bond donors (Lipinski definition) is 2. The Morgan fingerprint density at radius 2 is 2.08 bits per heavy atom. The van der Waals surface area contributed by atoms with E-state index in [0.29, 0.717) is 13.1 Å². The van der Waals surface area contributed by atoms with Gasteiger partial charge in [-0.15, -0.1) is 0 Å². The van der Waals surface area contributed by atoms with Gasteiger partial charge < -0.3 is 24.8 Å². The Morgan fingerprint density at radius 3 is 2.60 bits per heavy atom. The number of carbonyl (C=O) groups is 1. The number of amides is 1. The van der Waals surface area contributed by atoms with E-state index >= 15 is 0 Å². The topological polar surface area (TPSA) is 70.9 Å². The van der Waals surface area contributed by atoms with Crippen LogP contribution < -0.4 is 10.6 Å². The first kappa shape index (κ1) is 21.3. The van der Waals surface area contributed by atoms with E-state index in [4.69, 9.17) is 4.74 Å². The largest absolute Gasteiger partial charge is 0.444 e. The molecule has 2 N–H and O–H groups in total. The van der Waals surface area contributed by atoms with Gasteiger partial charge in [0, 0.05) is 43.5 Å². The van der Waals surface area contributed by atoms with Gasteiger partial charge in [-0.1, -0.05) is 0 Å². The fourth-order valence-electron chi connectivity index (χ4n) is 2.14. The molecular formula is C17H30BrN5O2. The summed E-state index contributed by atoms with van der Waals surface area (Å²) in [5.74, 6) is 0.797. The summed E-state index contributed by atoms with van der Waals surface area (Å²) < 4.78 is 8.34. The number of carbonyl (C=O) groups excluding carboxylic acids is 1. The maximum absolute atomic E-state index is 11.6. The zero-order valence-corrected chi connectivity index (χ0v) is 17.6. The van der Waals surface area contributed by atoms with Crippen molar-refractivity contribution in [3.8, 4) is 0 Å². The van der Waals surface area contributed by atoms with E-state index in [9.17, 15) is 4.79 Å². The lowest BCUT2D eigenvalue weighted by Crippen LogP contribution is -2.39. The monoisotopic (exact) mass is 415 g/mol. The lowest BCUT2D eigenvalue weighted by Gasteiger charge is -2.22. The number of alkyl carbamates (subject to hydrolysis) is 1. The number of aliphatic imine (C=N–C) groups is 1. The van der Waals surface area contributed by atoms with Crippen LogP contribution in [0.15, 0.2) is 21.7 Å². The van der Waals surface area contributed by atoms with Crippen LogP contribution in [0.3, 0.4) is 0 Å². The highest BCUT2D eigenvalue weighted by Crippen LogP contribution is 2.15. The number of ether oxygens (including phenoxy) is 1. The predicted molar refractivity (Wildman–Crippen MR) is 105 cm³/mol. The van der Waals surface area contributed by atoms with Crippen LogP contribution in [-0.4, -0.2) is 53.8 Å². The molecule has 0 unspecified atom stereocenters. The van der Waals surface area contributed by atoms with Gasteiger partial charge in [0.25, 0.3) is 0 Å². The molecule has 0 aliphatic rings. The second-order valence-electron chi connectivity index (χ2n) is 6.78. The molecule has 0 aliphatic heterocycles. The van der Waals surface area contributed by atoms with Crippen LogP contribution in [0.2, 0.25) is 0 Å². The number of aromatic nitrogens is 1. The summed E-state index contributed by atoms with van der Waals surface area (Å²) in [6, 6.07) is 2.09. The lowest BCUT2D eigenvalue weighted by atomic mass is 10.2. The van der Waals surface area contributed by atoms with E-state index in [1.54, 1.807) is 0 Å². The highest BCUT2D eigenvalue weighted by atomic mass is 79.9. The Kier molecular flexibility index (Phi) is 8.28. The fourth-order valence-corrected chi connectivity index (χ4v) is 2.72. The Hall–Kier alpha value is -1.70. The number of halogens is 1. The minimum atomic E-state index is -0.494. The minimum Gasteiger partial charge on any atom is -0.444 e. The molecule has 1 amide bonds. The number of guanidine groups is 1. The highest BCUT2D eigenvalue weighted by Gasteiger charge is 2.15. The maximum atomic E-state index is 11.6. The third kappa shape index (κ3) is 8.29. The van der Waals surface area contributed by atoms with Crippen molar-refractivity contribution < 1.29 is 9.53 Å². The first-order valence-electron chi connectivity index (χ1n) is 8.39. The first-order chi connectivity index (χ1) is 11.6. The minimum absolute atomic E-state index is 0.422. The highest BCUT2D eigenvalue weighted by molar-refractivity contribution is 9.10. The molecule has 8 heteroatoms. The van der Waals surface area contributed by atoms with Crippen LogP contribution in [0.4, 0.5) is 4.79 Å². The van der Waals surface area contributed by atoms with E-state index in [0.717, 1.165) is 23.5 Å². The standard InChI is InChI=1S/C17H30BrN5O2/c1-7-19-15(20-8-9-21-16(24)25-17(2,3)4)23(6)12-14-10-13(18)11-22(14)5/h10-11H,7-9,12H2,1-6H3,(H,19,20)(H,21,24). The quantitative estimate of drug-likeness (QED) is 0.425. The van der Waals surface area contributed by atoms with Gasteiger partial charge in [0.05, 0.1) is 13.1 Å². The van der Waals surface area contributed by atoms with Gasteiger partial charge in [-0.25, -0.2) is 4.79 Å². The molecule has 0 saturated carbocycles. The number of aryl methyl sites for hydroxylation is 1. The van der Waals surface area contributed by atoms with Crippen molar-refractivity contribution in [1.82, 2.24) is 20.1 Å². The molecule has 0 atom stereocenters. The van der Waals surface area contributed by atoms with E-state index in [1.165, 1.54) is 5.69 Å². The van der Waals surface area contributed by atoms with E-state index < -0.39 is 11.7 Å². The summed E-state index contributed by atoms with van der Waals surface area (Å²) in [5, 5.41) is 5.98. The molecule has 1 aromatic heterocycles. The average molecular weight is 416 g/mol. The Bertz CT molecular complexity index is 592. The second-order valence-corrected chi connectivity index (χ2v) is 7.70. The summed E-state index contributed by atoms with van der Waals surface area (Å²) in [7, 11) is 4.01. The predicted octanol–water partition coefficient (Wildman–Crippen LogP) is 2.71. The lowest BCUT2D eigenvalue weighted by molar-refractivity contribution is 0.0529. The van der Waals surface area contributed by atoms with Gasteiger partial charge in [-0.3, -0.25) is 4.99 Å². The van der Waals surface area contributed by atoms with Crippen LogP contribution in [0.1, 0.15) is 33.4 Å². The summed E-state index contributed by atoms with van der Waals surface area (Å²) >= 11 is 3.49. The van der Waals surface area contributed by atoms with Crippen LogP contribution >= 0.6 is 15.9 Å². The van der Waals surface area contributed by atoms with Gasteiger partial charge in [0.15, 0.2) is 5.96 Å². The zero-order chi connectivity index (χ0) is 19.0. The molecule has 0 aliphatic carbocycles.